The number of fused-ring (bicyclic) bond motifs is 1. The zero-order valence-electron chi connectivity index (χ0n) is 15.3. The van der Waals surface area contributed by atoms with Crippen molar-refractivity contribution in [3.05, 3.63) is 35.9 Å². The van der Waals surface area contributed by atoms with Crippen molar-refractivity contribution < 1.29 is 9.59 Å². The van der Waals surface area contributed by atoms with Gasteiger partial charge in [-0.3, -0.25) is 15.0 Å². The second-order valence-electron chi connectivity index (χ2n) is 7.60. The SMILES string of the molecule is Cl.O=C(NCC1CC(=O)N(Cc2ccccc2)C1)C1NNC2CCNCC21. The first-order valence-electron chi connectivity index (χ1n) is 9.52. The minimum atomic E-state index is -0.203. The van der Waals surface area contributed by atoms with E-state index in [-0.39, 0.29) is 42.1 Å². The lowest BCUT2D eigenvalue weighted by Gasteiger charge is -2.27. The van der Waals surface area contributed by atoms with Gasteiger partial charge in [0, 0.05) is 50.5 Å². The number of rotatable bonds is 5. The molecule has 1 aromatic rings. The van der Waals surface area contributed by atoms with Crippen LogP contribution in [0.4, 0.5) is 0 Å². The van der Waals surface area contributed by atoms with E-state index in [2.05, 4.69) is 21.5 Å². The molecule has 4 rings (SSSR count). The second-order valence-corrected chi connectivity index (χ2v) is 7.60. The van der Waals surface area contributed by atoms with Crippen molar-refractivity contribution in [2.75, 3.05) is 26.2 Å². The van der Waals surface area contributed by atoms with E-state index in [1.54, 1.807) is 0 Å². The van der Waals surface area contributed by atoms with Crippen LogP contribution in [0.2, 0.25) is 0 Å². The topological polar surface area (TPSA) is 85.5 Å². The molecule has 0 aliphatic carbocycles. The van der Waals surface area contributed by atoms with Gasteiger partial charge in [0.05, 0.1) is 0 Å². The first-order valence-corrected chi connectivity index (χ1v) is 9.52. The number of hydrazine groups is 1. The average molecular weight is 394 g/mol. The Morgan fingerprint density at radius 1 is 1.22 bits per heavy atom. The third-order valence-corrected chi connectivity index (χ3v) is 5.74. The molecule has 3 saturated heterocycles. The van der Waals surface area contributed by atoms with E-state index in [9.17, 15) is 9.59 Å². The molecule has 4 unspecified atom stereocenters. The first kappa shape index (κ1) is 20.1. The van der Waals surface area contributed by atoms with Crippen molar-refractivity contribution >= 4 is 24.2 Å². The minimum Gasteiger partial charge on any atom is -0.354 e. The van der Waals surface area contributed by atoms with Crippen LogP contribution in [0.15, 0.2) is 30.3 Å². The molecule has 3 fully saturated rings. The van der Waals surface area contributed by atoms with Crippen LogP contribution in [0.3, 0.4) is 0 Å². The van der Waals surface area contributed by atoms with Crippen LogP contribution < -0.4 is 21.5 Å². The zero-order valence-corrected chi connectivity index (χ0v) is 16.1. The number of piperidine rings is 1. The molecule has 0 aromatic heterocycles. The Morgan fingerprint density at radius 3 is 2.85 bits per heavy atom. The number of nitrogens with zero attached hydrogens (tertiary/aromatic N) is 1. The molecule has 0 bridgehead atoms. The van der Waals surface area contributed by atoms with E-state index in [1.165, 1.54) is 0 Å². The third kappa shape index (κ3) is 4.60. The number of nitrogens with one attached hydrogen (secondary N) is 4. The van der Waals surface area contributed by atoms with Crippen molar-refractivity contribution in [1.29, 1.82) is 0 Å². The van der Waals surface area contributed by atoms with Gasteiger partial charge < -0.3 is 15.5 Å². The van der Waals surface area contributed by atoms with E-state index in [0.29, 0.717) is 32.1 Å². The highest BCUT2D eigenvalue weighted by atomic mass is 35.5. The maximum Gasteiger partial charge on any atom is 0.238 e. The predicted molar refractivity (Wildman–Crippen MR) is 105 cm³/mol. The molecule has 4 atom stereocenters. The van der Waals surface area contributed by atoms with Gasteiger partial charge in [0.2, 0.25) is 11.8 Å². The summed E-state index contributed by atoms with van der Waals surface area (Å²) in [6.45, 7) is 3.76. The second kappa shape index (κ2) is 9.01. The van der Waals surface area contributed by atoms with Crippen LogP contribution in [-0.4, -0.2) is 55.0 Å². The van der Waals surface area contributed by atoms with Gasteiger partial charge in [-0.25, -0.2) is 5.43 Å². The number of halogens is 1. The van der Waals surface area contributed by atoms with Gasteiger partial charge in [-0.05, 0) is 18.5 Å². The van der Waals surface area contributed by atoms with E-state index >= 15 is 0 Å². The molecule has 7 nitrogen and oxygen atoms in total. The Balaban J connectivity index is 0.00000210. The summed E-state index contributed by atoms with van der Waals surface area (Å²) in [6, 6.07) is 10.2. The molecule has 148 valence electrons. The van der Waals surface area contributed by atoms with E-state index < -0.39 is 0 Å². The normalized spacial score (nSPS) is 29.9. The fourth-order valence-electron chi connectivity index (χ4n) is 4.28. The summed E-state index contributed by atoms with van der Waals surface area (Å²) in [7, 11) is 0. The molecule has 2 amide bonds. The van der Waals surface area contributed by atoms with Crippen LogP contribution in [-0.2, 0) is 16.1 Å². The monoisotopic (exact) mass is 393 g/mol. The van der Waals surface area contributed by atoms with Crippen LogP contribution >= 0.6 is 12.4 Å². The smallest absolute Gasteiger partial charge is 0.238 e. The highest BCUT2D eigenvalue weighted by Gasteiger charge is 2.41. The minimum absolute atomic E-state index is 0. The Hall–Kier alpha value is -1.67. The molecular formula is C19H28ClN5O2. The average Bonchev–Trinajstić information content (AvgIpc) is 3.24. The lowest BCUT2D eigenvalue weighted by Crippen LogP contribution is -2.50. The van der Waals surface area contributed by atoms with Gasteiger partial charge in [0.1, 0.15) is 6.04 Å². The fourth-order valence-corrected chi connectivity index (χ4v) is 4.28. The summed E-state index contributed by atoms with van der Waals surface area (Å²) in [5, 5.41) is 6.42. The molecule has 0 saturated carbocycles. The number of carbonyl (C=O) groups excluding carboxylic acids is 2. The predicted octanol–water partition coefficient (Wildman–Crippen LogP) is 0.0276. The van der Waals surface area contributed by atoms with Gasteiger partial charge in [0.15, 0.2) is 0 Å². The number of amides is 2. The molecule has 0 spiro atoms. The largest absolute Gasteiger partial charge is 0.354 e. The van der Waals surface area contributed by atoms with E-state index in [0.717, 1.165) is 25.1 Å². The summed E-state index contributed by atoms with van der Waals surface area (Å²) < 4.78 is 0. The van der Waals surface area contributed by atoms with Gasteiger partial charge >= 0.3 is 0 Å². The molecule has 3 aliphatic rings. The Bertz CT molecular complexity index is 659. The molecule has 3 aliphatic heterocycles. The number of carbonyl (C=O) groups is 2. The molecule has 3 heterocycles. The highest BCUT2D eigenvalue weighted by molar-refractivity contribution is 5.85. The standard InChI is InChI=1S/C19H27N5O2.ClH/c25-17-8-14(12-24(17)11-13-4-2-1-3-5-13)9-21-19(26)18-15-10-20-7-6-16(15)22-23-18;/h1-5,14-16,18,20,22-23H,6-12H2,(H,21,26);1H. The van der Waals surface area contributed by atoms with Crippen LogP contribution in [0.25, 0.3) is 0 Å². The van der Waals surface area contributed by atoms with Gasteiger partial charge in [-0.1, -0.05) is 30.3 Å². The number of hydrogen-bond donors (Lipinski definition) is 4. The van der Waals surface area contributed by atoms with Crippen molar-refractivity contribution in [2.45, 2.75) is 31.5 Å². The van der Waals surface area contributed by atoms with Gasteiger partial charge in [0.25, 0.3) is 0 Å². The summed E-state index contributed by atoms with van der Waals surface area (Å²) in [5.74, 6) is 0.668. The van der Waals surface area contributed by atoms with Crippen molar-refractivity contribution in [3.8, 4) is 0 Å². The molecule has 4 N–H and O–H groups in total. The summed E-state index contributed by atoms with van der Waals surface area (Å²) in [4.78, 5) is 26.7. The Kier molecular flexibility index (Phi) is 6.70. The number of likely N-dealkylation sites (tertiary alicyclic amines) is 1. The Morgan fingerprint density at radius 2 is 2.04 bits per heavy atom. The summed E-state index contributed by atoms with van der Waals surface area (Å²) in [6.07, 6.45) is 1.55. The summed E-state index contributed by atoms with van der Waals surface area (Å²) >= 11 is 0. The maximum atomic E-state index is 12.6. The molecule has 0 radical (unpaired) electrons. The molecule has 1 aromatic carbocycles. The molecule has 27 heavy (non-hydrogen) atoms. The maximum absolute atomic E-state index is 12.6. The lowest BCUT2D eigenvalue weighted by atomic mass is 9.89. The lowest BCUT2D eigenvalue weighted by molar-refractivity contribution is -0.128. The van der Waals surface area contributed by atoms with E-state index in [4.69, 9.17) is 0 Å². The van der Waals surface area contributed by atoms with Crippen molar-refractivity contribution in [3.63, 3.8) is 0 Å². The van der Waals surface area contributed by atoms with Gasteiger partial charge in [-0.15, -0.1) is 12.4 Å². The van der Waals surface area contributed by atoms with E-state index in [1.807, 2.05) is 35.2 Å². The highest BCUT2D eigenvalue weighted by Crippen LogP contribution is 2.22. The van der Waals surface area contributed by atoms with Crippen molar-refractivity contribution in [1.82, 2.24) is 26.4 Å². The van der Waals surface area contributed by atoms with Gasteiger partial charge in [-0.2, -0.15) is 0 Å². The number of benzene rings is 1. The Labute approximate surface area is 166 Å². The zero-order chi connectivity index (χ0) is 17.9. The fraction of sp³-hybridized carbons (Fsp3) is 0.579. The molecule has 8 heteroatoms. The quantitative estimate of drug-likeness (QED) is 0.567. The number of hydrogen-bond acceptors (Lipinski definition) is 5. The van der Waals surface area contributed by atoms with Crippen LogP contribution in [0.1, 0.15) is 18.4 Å². The molecular weight excluding hydrogens is 366 g/mol. The third-order valence-electron chi connectivity index (χ3n) is 5.74. The summed E-state index contributed by atoms with van der Waals surface area (Å²) in [5.41, 5.74) is 7.53. The first-order chi connectivity index (χ1) is 12.7. The van der Waals surface area contributed by atoms with Crippen molar-refractivity contribution in [2.24, 2.45) is 11.8 Å². The van der Waals surface area contributed by atoms with Crippen LogP contribution in [0, 0.1) is 11.8 Å². The van der Waals surface area contributed by atoms with Crippen LogP contribution in [0.5, 0.6) is 0 Å².